The number of anilines is 2. The van der Waals surface area contributed by atoms with Crippen molar-refractivity contribution in [2.24, 2.45) is 0 Å². The first-order valence-corrected chi connectivity index (χ1v) is 7.97. The lowest BCUT2D eigenvalue weighted by atomic mass is 10.3. The Hall–Kier alpha value is -1.73. The molecule has 1 heterocycles. The van der Waals surface area contributed by atoms with Gasteiger partial charge in [0.25, 0.3) is 10.0 Å². The maximum Gasteiger partial charge on any atom is 0.271 e. The van der Waals surface area contributed by atoms with Gasteiger partial charge in [0, 0.05) is 17.1 Å². The van der Waals surface area contributed by atoms with Crippen LogP contribution in [0, 0.1) is 0 Å². The van der Waals surface area contributed by atoms with Crippen molar-refractivity contribution in [1.82, 2.24) is 0 Å². The van der Waals surface area contributed by atoms with E-state index in [2.05, 4.69) is 4.72 Å². The summed E-state index contributed by atoms with van der Waals surface area (Å²) in [6.45, 7) is 2.39. The molecule has 7 heteroatoms. The molecule has 1 aromatic carbocycles. The van der Waals surface area contributed by atoms with Crippen molar-refractivity contribution < 1.29 is 13.2 Å². The molecule has 2 aromatic rings. The predicted octanol–water partition coefficient (Wildman–Crippen LogP) is 2.53. The lowest BCUT2D eigenvalue weighted by Crippen LogP contribution is -2.11. The Kier molecular flexibility index (Phi) is 3.96. The molecule has 2 rings (SSSR count). The Bertz CT molecular complexity index is 665. The molecule has 0 aliphatic heterocycles. The van der Waals surface area contributed by atoms with Crippen LogP contribution < -0.4 is 15.2 Å². The second-order valence-corrected chi connectivity index (χ2v) is 6.59. The van der Waals surface area contributed by atoms with Crippen LogP contribution in [0.3, 0.4) is 0 Å². The lowest BCUT2D eigenvalue weighted by Gasteiger charge is -2.08. The molecule has 0 amide bonds. The van der Waals surface area contributed by atoms with Crippen molar-refractivity contribution in [3.63, 3.8) is 0 Å². The van der Waals surface area contributed by atoms with E-state index in [0.717, 1.165) is 11.3 Å². The summed E-state index contributed by atoms with van der Waals surface area (Å²) >= 11 is 1.08. The van der Waals surface area contributed by atoms with Gasteiger partial charge in [0.05, 0.1) is 12.3 Å². The van der Waals surface area contributed by atoms with Crippen molar-refractivity contribution in [3.05, 3.63) is 35.7 Å². The molecule has 0 aliphatic carbocycles. The van der Waals surface area contributed by atoms with Gasteiger partial charge in [0.2, 0.25) is 0 Å². The summed E-state index contributed by atoms with van der Waals surface area (Å²) < 4.78 is 32.2. The van der Waals surface area contributed by atoms with Crippen molar-refractivity contribution in [1.29, 1.82) is 0 Å². The summed E-state index contributed by atoms with van der Waals surface area (Å²) in [5, 5.41) is 1.59. The number of benzene rings is 1. The van der Waals surface area contributed by atoms with E-state index in [-0.39, 0.29) is 4.21 Å². The zero-order valence-corrected chi connectivity index (χ0v) is 11.9. The quantitative estimate of drug-likeness (QED) is 0.888. The van der Waals surface area contributed by atoms with Gasteiger partial charge in [-0.05, 0) is 25.1 Å². The van der Waals surface area contributed by atoms with Crippen LogP contribution in [-0.2, 0) is 10.0 Å². The Labute approximate surface area is 116 Å². The molecule has 0 fully saturated rings. The van der Waals surface area contributed by atoms with E-state index in [0.29, 0.717) is 23.7 Å². The van der Waals surface area contributed by atoms with E-state index in [4.69, 9.17) is 10.5 Å². The zero-order chi connectivity index (χ0) is 13.9. The first kappa shape index (κ1) is 13.7. The van der Waals surface area contributed by atoms with Gasteiger partial charge in [-0.15, -0.1) is 11.3 Å². The third-order valence-electron chi connectivity index (χ3n) is 2.26. The average molecular weight is 298 g/mol. The monoisotopic (exact) mass is 298 g/mol. The van der Waals surface area contributed by atoms with Gasteiger partial charge in [0.1, 0.15) is 9.96 Å². The average Bonchev–Trinajstić information content (AvgIpc) is 2.77. The molecule has 0 radical (unpaired) electrons. The number of ether oxygens (including phenoxy) is 1. The van der Waals surface area contributed by atoms with Gasteiger partial charge < -0.3 is 10.5 Å². The SMILES string of the molecule is CCOc1cccc(NS(=O)(=O)c2cc(N)cs2)c1. The first-order chi connectivity index (χ1) is 9.01. The third kappa shape index (κ3) is 3.39. The van der Waals surface area contributed by atoms with Crippen LogP contribution in [0.1, 0.15) is 6.92 Å². The molecule has 19 heavy (non-hydrogen) atoms. The normalized spacial score (nSPS) is 11.2. The number of hydrogen-bond acceptors (Lipinski definition) is 5. The highest BCUT2D eigenvalue weighted by atomic mass is 32.2. The standard InChI is InChI=1S/C12H14N2O3S2/c1-2-17-11-5-3-4-10(7-11)14-19(15,16)12-6-9(13)8-18-12/h3-8,14H,2,13H2,1H3. The van der Waals surface area contributed by atoms with Crippen LogP contribution in [0.2, 0.25) is 0 Å². The topological polar surface area (TPSA) is 81.4 Å². The first-order valence-electron chi connectivity index (χ1n) is 5.61. The summed E-state index contributed by atoms with van der Waals surface area (Å²) in [7, 11) is -3.59. The van der Waals surface area contributed by atoms with E-state index in [1.54, 1.807) is 29.6 Å². The summed E-state index contributed by atoms with van der Waals surface area (Å²) in [5.74, 6) is 0.619. The van der Waals surface area contributed by atoms with Crippen LogP contribution in [0.5, 0.6) is 5.75 Å². The molecule has 0 unspecified atom stereocenters. The van der Waals surface area contributed by atoms with Crippen LogP contribution in [0.4, 0.5) is 11.4 Å². The van der Waals surface area contributed by atoms with Crippen molar-refractivity contribution in [3.8, 4) is 5.75 Å². The summed E-state index contributed by atoms with van der Waals surface area (Å²) in [6, 6.07) is 8.23. The highest BCUT2D eigenvalue weighted by molar-refractivity contribution is 7.94. The van der Waals surface area contributed by atoms with E-state index in [9.17, 15) is 8.42 Å². The molecular formula is C12H14N2O3S2. The maximum atomic E-state index is 12.1. The number of nitrogens with one attached hydrogen (secondary N) is 1. The molecule has 0 spiro atoms. The summed E-state index contributed by atoms with van der Waals surface area (Å²) in [4.78, 5) is 0. The Morgan fingerprint density at radius 2 is 2.16 bits per heavy atom. The largest absolute Gasteiger partial charge is 0.494 e. The summed E-state index contributed by atoms with van der Waals surface area (Å²) in [6.07, 6.45) is 0. The molecule has 0 saturated carbocycles. The molecular weight excluding hydrogens is 284 g/mol. The molecule has 0 bridgehead atoms. The van der Waals surface area contributed by atoms with Crippen LogP contribution in [0.15, 0.2) is 39.9 Å². The molecule has 3 N–H and O–H groups in total. The molecule has 5 nitrogen and oxygen atoms in total. The van der Waals surface area contributed by atoms with Gasteiger partial charge in [-0.1, -0.05) is 6.07 Å². The van der Waals surface area contributed by atoms with E-state index in [1.165, 1.54) is 6.07 Å². The summed E-state index contributed by atoms with van der Waals surface area (Å²) in [5.41, 5.74) is 6.43. The highest BCUT2D eigenvalue weighted by Crippen LogP contribution is 2.25. The number of nitrogen functional groups attached to an aromatic ring is 1. The Balaban J connectivity index is 2.23. The lowest BCUT2D eigenvalue weighted by molar-refractivity contribution is 0.340. The highest BCUT2D eigenvalue weighted by Gasteiger charge is 2.16. The number of rotatable bonds is 5. The van der Waals surface area contributed by atoms with E-state index in [1.807, 2.05) is 6.92 Å². The minimum Gasteiger partial charge on any atom is -0.494 e. The van der Waals surface area contributed by atoms with E-state index >= 15 is 0 Å². The molecule has 0 atom stereocenters. The zero-order valence-electron chi connectivity index (χ0n) is 10.3. The smallest absolute Gasteiger partial charge is 0.271 e. The van der Waals surface area contributed by atoms with E-state index < -0.39 is 10.0 Å². The van der Waals surface area contributed by atoms with Crippen LogP contribution in [-0.4, -0.2) is 15.0 Å². The third-order valence-corrected chi connectivity index (χ3v) is 5.10. The van der Waals surface area contributed by atoms with Gasteiger partial charge in [-0.2, -0.15) is 0 Å². The fraction of sp³-hybridized carbons (Fsp3) is 0.167. The molecule has 1 aromatic heterocycles. The fourth-order valence-corrected chi connectivity index (χ4v) is 3.62. The number of sulfonamides is 1. The Morgan fingerprint density at radius 1 is 1.37 bits per heavy atom. The second kappa shape index (κ2) is 5.50. The van der Waals surface area contributed by atoms with Gasteiger partial charge in [-0.3, -0.25) is 4.72 Å². The van der Waals surface area contributed by atoms with Crippen LogP contribution >= 0.6 is 11.3 Å². The fourth-order valence-electron chi connectivity index (χ4n) is 1.49. The Morgan fingerprint density at radius 3 is 2.79 bits per heavy atom. The minimum atomic E-state index is -3.59. The van der Waals surface area contributed by atoms with Gasteiger partial charge in [-0.25, -0.2) is 8.42 Å². The second-order valence-electron chi connectivity index (χ2n) is 3.77. The van der Waals surface area contributed by atoms with Crippen molar-refractivity contribution in [2.75, 3.05) is 17.1 Å². The molecule has 102 valence electrons. The maximum absolute atomic E-state index is 12.1. The van der Waals surface area contributed by atoms with Gasteiger partial charge in [0.15, 0.2) is 0 Å². The minimum absolute atomic E-state index is 0.187. The van der Waals surface area contributed by atoms with Gasteiger partial charge >= 0.3 is 0 Å². The number of thiophene rings is 1. The predicted molar refractivity (Wildman–Crippen MR) is 77.2 cm³/mol. The molecule has 0 saturated heterocycles. The number of nitrogens with two attached hydrogens (primary N) is 1. The van der Waals surface area contributed by atoms with Crippen molar-refractivity contribution in [2.45, 2.75) is 11.1 Å². The molecule has 0 aliphatic rings. The number of hydrogen-bond donors (Lipinski definition) is 2. The van der Waals surface area contributed by atoms with Crippen molar-refractivity contribution >= 4 is 32.7 Å². The van der Waals surface area contributed by atoms with Crippen LogP contribution in [0.25, 0.3) is 0 Å².